The van der Waals surface area contributed by atoms with Gasteiger partial charge in [-0.25, -0.2) is 5.84 Å². The maximum Gasteiger partial charge on any atom is 0.239 e. The summed E-state index contributed by atoms with van der Waals surface area (Å²) in [5, 5.41) is 0. The topological polar surface area (TPSA) is 72.2 Å². The Hall–Kier alpha value is -0.900. The summed E-state index contributed by atoms with van der Waals surface area (Å²) in [6.07, 6.45) is 0.218. The Balaban J connectivity index is 4.21. The highest BCUT2D eigenvalue weighted by atomic mass is 16.2. The van der Waals surface area contributed by atoms with E-state index in [1.165, 1.54) is 6.92 Å². The molecule has 0 aromatic heterocycles. The molecule has 4 nitrogen and oxygen atoms in total. The Morgan fingerprint density at radius 1 is 1.45 bits per heavy atom. The molecule has 4 heteroatoms. The quantitative estimate of drug-likeness (QED) is 0.344. The summed E-state index contributed by atoms with van der Waals surface area (Å²) in [7, 11) is 0. The summed E-state index contributed by atoms with van der Waals surface area (Å²) in [4.78, 5) is 21.6. The SMILES string of the molecule is CC(=O)CC(C)(C)C(=O)NN. The highest BCUT2D eigenvalue weighted by Crippen LogP contribution is 2.19. The Labute approximate surface area is 66.1 Å². The fraction of sp³-hybridized carbons (Fsp3) is 0.714. The van der Waals surface area contributed by atoms with Gasteiger partial charge in [-0.2, -0.15) is 0 Å². The molecular weight excluding hydrogens is 144 g/mol. The number of amides is 1. The number of hydrogen-bond acceptors (Lipinski definition) is 3. The molecule has 1 amide bonds. The van der Waals surface area contributed by atoms with Gasteiger partial charge in [-0.1, -0.05) is 13.8 Å². The van der Waals surface area contributed by atoms with Crippen molar-refractivity contribution in [2.75, 3.05) is 0 Å². The number of carbonyl (C=O) groups is 2. The van der Waals surface area contributed by atoms with E-state index in [2.05, 4.69) is 0 Å². The Kier molecular flexibility index (Phi) is 3.19. The number of hydrogen-bond donors (Lipinski definition) is 2. The lowest BCUT2D eigenvalue weighted by Gasteiger charge is -2.19. The van der Waals surface area contributed by atoms with Crippen molar-refractivity contribution < 1.29 is 9.59 Å². The summed E-state index contributed by atoms with van der Waals surface area (Å²) < 4.78 is 0. The molecule has 0 aliphatic heterocycles. The predicted molar refractivity (Wildman–Crippen MR) is 41.4 cm³/mol. The standard InChI is InChI=1S/C7H14N2O2/c1-5(10)4-7(2,3)6(11)9-8/h4,8H2,1-3H3,(H,9,11). The first-order valence-corrected chi connectivity index (χ1v) is 3.40. The monoisotopic (exact) mass is 158 g/mol. The van der Waals surface area contributed by atoms with Crippen molar-refractivity contribution in [3.63, 3.8) is 0 Å². The Morgan fingerprint density at radius 3 is 2.18 bits per heavy atom. The lowest BCUT2D eigenvalue weighted by Crippen LogP contribution is -2.41. The number of nitrogens with one attached hydrogen (secondary N) is 1. The Bertz CT molecular complexity index is 175. The first-order valence-electron chi connectivity index (χ1n) is 3.40. The van der Waals surface area contributed by atoms with E-state index in [-0.39, 0.29) is 18.1 Å². The van der Waals surface area contributed by atoms with Gasteiger partial charge in [-0.3, -0.25) is 15.0 Å². The van der Waals surface area contributed by atoms with E-state index < -0.39 is 5.41 Å². The molecule has 0 spiro atoms. The number of rotatable bonds is 3. The van der Waals surface area contributed by atoms with E-state index in [9.17, 15) is 9.59 Å². The van der Waals surface area contributed by atoms with Crippen molar-refractivity contribution in [1.29, 1.82) is 0 Å². The summed E-state index contributed by atoms with van der Waals surface area (Å²) >= 11 is 0. The molecule has 0 atom stereocenters. The van der Waals surface area contributed by atoms with Crippen molar-refractivity contribution >= 4 is 11.7 Å². The average Bonchev–Trinajstić information content (AvgIpc) is 1.83. The van der Waals surface area contributed by atoms with E-state index in [1.807, 2.05) is 5.43 Å². The lowest BCUT2D eigenvalue weighted by atomic mass is 9.87. The number of Topliss-reactive ketones (excluding diaryl/α,β-unsaturated/α-hetero) is 1. The van der Waals surface area contributed by atoms with Crippen LogP contribution in [0.4, 0.5) is 0 Å². The van der Waals surface area contributed by atoms with Crippen LogP contribution in [0.25, 0.3) is 0 Å². The molecule has 0 fully saturated rings. The van der Waals surface area contributed by atoms with Crippen molar-refractivity contribution in [3.8, 4) is 0 Å². The Morgan fingerprint density at radius 2 is 1.91 bits per heavy atom. The first kappa shape index (κ1) is 10.1. The third kappa shape index (κ3) is 3.13. The zero-order valence-corrected chi connectivity index (χ0v) is 7.10. The van der Waals surface area contributed by atoms with Gasteiger partial charge in [0.05, 0.1) is 5.41 Å². The zero-order valence-electron chi connectivity index (χ0n) is 7.10. The van der Waals surface area contributed by atoms with E-state index >= 15 is 0 Å². The molecule has 11 heavy (non-hydrogen) atoms. The van der Waals surface area contributed by atoms with Gasteiger partial charge >= 0.3 is 0 Å². The van der Waals surface area contributed by atoms with Gasteiger partial charge in [0.25, 0.3) is 0 Å². The third-order valence-corrected chi connectivity index (χ3v) is 1.44. The molecule has 0 heterocycles. The maximum atomic E-state index is 11.0. The second-order valence-corrected chi connectivity index (χ2v) is 3.24. The molecule has 0 aromatic rings. The largest absolute Gasteiger partial charge is 0.300 e. The minimum atomic E-state index is -0.694. The third-order valence-electron chi connectivity index (χ3n) is 1.44. The lowest BCUT2D eigenvalue weighted by molar-refractivity contribution is -0.133. The molecule has 3 N–H and O–H groups in total. The summed E-state index contributed by atoms with van der Waals surface area (Å²) in [6, 6.07) is 0. The molecular formula is C7H14N2O2. The van der Waals surface area contributed by atoms with E-state index in [0.717, 1.165) is 0 Å². The molecule has 0 saturated heterocycles. The molecule has 0 aromatic carbocycles. The van der Waals surface area contributed by atoms with Crippen LogP contribution in [-0.4, -0.2) is 11.7 Å². The number of ketones is 1. The molecule has 0 aliphatic carbocycles. The molecule has 0 rings (SSSR count). The first-order chi connectivity index (χ1) is 4.90. The zero-order chi connectivity index (χ0) is 9.07. The molecule has 0 aliphatic rings. The smallest absolute Gasteiger partial charge is 0.239 e. The van der Waals surface area contributed by atoms with Crippen molar-refractivity contribution in [3.05, 3.63) is 0 Å². The number of nitrogens with two attached hydrogens (primary N) is 1. The second-order valence-electron chi connectivity index (χ2n) is 3.24. The highest BCUT2D eigenvalue weighted by molar-refractivity contribution is 5.87. The van der Waals surface area contributed by atoms with Gasteiger partial charge in [0.2, 0.25) is 5.91 Å². The van der Waals surface area contributed by atoms with Gasteiger partial charge < -0.3 is 0 Å². The molecule has 0 bridgehead atoms. The molecule has 0 saturated carbocycles. The fourth-order valence-corrected chi connectivity index (χ4v) is 0.898. The van der Waals surface area contributed by atoms with Crippen LogP contribution in [0.3, 0.4) is 0 Å². The van der Waals surface area contributed by atoms with Gasteiger partial charge in [0.15, 0.2) is 0 Å². The van der Waals surface area contributed by atoms with Gasteiger partial charge in [0.1, 0.15) is 5.78 Å². The predicted octanol–water partition coefficient (Wildman–Crippen LogP) is -0.0184. The molecule has 0 radical (unpaired) electrons. The minimum Gasteiger partial charge on any atom is -0.300 e. The summed E-state index contributed by atoms with van der Waals surface area (Å²) in [5.74, 6) is 4.60. The van der Waals surface area contributed by atoms with Crippen LogP contribution in [0.15, 0.2) is 0 Å². The van der Waals surface area contributed by atoms with Crippen LogP contribution in [0.5, 0.6) is 0 Å². The molecule has 0 unspecified atom stereocenters. The van der Waals surface area contributed by atoms with Crippen LogP contribution in [0, 0.1) is 5.41 Å². The highest BCUT2D eigenvalue weighted by Gasteiger charge is 2.28. The molecule has 64 valence electrons. The normalized spacial score (nSPS) is 10.9. The van der Waals surface area contributed by atoms with E-state index in [4.69, 9.17) is 5.84 Å². The van der Waals surface area contributed by atoms with Gasteiger partial charge in [-0.15, -0.1) is 0 Å². The van der Waals surface area contributed by atoms with Crippen molar-refractivity contribution in [2.24, 2.45) is 11.3 Å². The van der Waals surface area contributed by atoms with Crippen LogP contribution in [0.1, 0.15) is 27.2 Å². The van der Waals surface area contributed by atoms with Crippen LogP contribution < -0.4 is 11.3 Å². The minimum absolute atomic E-state index is 0.0152. The summed E-state index contributed by atoms with van der Waals surface area (Å²) in [6.45, 7) is 4.80. The van der Waals surface area contributed by atoms with Gasteiger partial charge in [0, 0.05) is 6.42 Å². The van der Waals surface area contributed by atoms with Crippen LogP contribution in [0.2, 0.25) is 0 Å². The van der Waals surface area contributed by atoms with E-state index in [1.54, 1.807) is 13.8 Å². The fourth-order valence-electron chi connectivity index (χ4n) is 0.898. The maximum absolute atomic E-state index is 11.0. The van der Waals surface area contributed by atoms with Crippen molar-refractivity contribution in [2.45, 2.75) is 27.2 Å². The van der Waals surface area contributed by atoms with Crippen molar-refractivity contribution in [1.82, 2.24) is 5.43 Å². The summed E-state index contributed by atoms with van der Waals surface area (Å²) in [5.41, 5.74) is 1.33. The average molecular weight is 158 g/mol. The van der Waals surface area contributed by atoms with Crippen LogP contribution in [-0.2, 0) is 9.59 Å². The number of hydrazine groups is 1. The second kappa shape index (κ2) is 3.48. The van der Waals surface area contributed by atoms with Gasteiger partial charge in [-0.05, 0) is 6.92 Å². The van der Waals surface area contributed by atoms with E-state index in [0.29, 0.717) is 0 Å². The van der Waals surface area contributed by atoms with Crippen LogP contribution >= 0.6 is 0 Å². The number of carbonyl (C=O) groups excluding carboxylic acids is 2.